The molecule has 8 heteroatoms. The number of hydrogen-bond donors (Lipinski definition) is 1. The fourth-order valence-electron chi connectivity index (χ4n) is 4.00. The number of aromatic nitrogens is 5. The average molecular weight is 460 g/mol. The van der Waals surface area contributed by atoms with Gasteiger partial charge in [-0.2, -0.15) is 0 Å². The number of pyridine rings is 1. The lowest BCUT2D eigenvalue weighted by Gasteiger charge is -2.15. The van der Waals surface area contributed by atoms with Crippen molar-refractivity contribution in [2.45, 2.75) is 45.0 Å². The number of Topliss-reactive ketones (excluding diaryl/α,β-unsaturated/α-hetero) is 2. The molecule has 0 spiro atoms. The largest absolute Gasteiger partial charge is 0.355 e. The SMILES string of the molecule is CC(=O)c1c(C)[nH]c(C(=O)C(C)Sc2nnc(-c3cccnc3)n2-c2ccccc2C)c1C. The number of aryl methyl sites for hydroxylation is 2. The van der Waals surface area contributed by atoms with E-state index < -0.39 is 5.25 Å². The molecule has 1 unspecified atom stereocenters. The fraction of sp³-hybridized carbons (Fsp3) is 0.240. The lowest BCUT2D eigenvalue weighted by molar-refractivity contribution is 0.0988. The molecule has 168 valence electrons. The van der Waals surface area contributed by atoms with Crippen LogP contribution in [0.2, 0.25) is 0 Å². The third kappa shape index (κ3) is 4.26. The Morgan fingerprint density at radius 3 is 2.45 bits per heavy atom. The molecule has 0 aliphatic heterocycles. The predicted molar refractivity (Wildman–Crippen MR) is 129 cm³/mol. The van der Waals surface area contributed by atoms with Gasteiger partial charge in [-0.05, 0) is 63.9 Å². The van der Waals surface area contributed by atoms with Crippen LogP contribution >= 0.6 is 11.8 Å². The molecule has 4 aromatic rings. The minimum absolute atomic E-state index is 0.0546. The molecule has 0 fully saturated rings. The highest BCUT2D eigenvalue weighted by molar-refractivity contribution is 8.00. The second kappa shape index (κ2) is 9.15. The van der Waals surface area contributed by atoms with Gasteiger partial charge in [-0.3, -0.25) is 19.1 Å². The molecule has 1 atom stereocenters. The topological polar surface area (TPSA) is 93.5 Å². The summed E-state index contributed by atoms with van der Waals surface area (Å²) in [5.41, 5.74) is 5.28. The second-order valence-corrected chi connectivity index (χ2v) is 9.28. The Kier molecular flexibility index (Phi) is 6.29. The van der Waals surface area contributed by atoms with Gasteiger partial charge in [0.05, 0.1) is 16.6 Å². The van der Waals surface area contributed by atoms with Gasteiger partial charge in [0.1, 0.15) is 0 Å². The van der Waals surface area contributed by atoms with E-state index in [2.05, 4.69) is 20.2 Å². The molecule has 3 heterocycles. The summed E-state index contributed by atoms with van der Waals surface area (Å²) in [7, 11) is 0. The van der Waals surface area contributed by atoms with Crippen LogP contribution in [0.3, 0.4) is 0 Å². The number of thioether (sulfide) groups is 1. The Labute approximate surface area is 196 Å². The first-order chi connectivity index (χ1) is 15.8. The summed E-state index contributed by atoms with van der Waals surface area (Å²) >= 11 is 1.34. The lowest BCUT2D eigenvalue weighted by Crippen LogP contribution is -2.16. The maximum absolute atomic E-state index is 13.3. The van der Waals surface area contributed by atoms with Crippen molar-refractivity contribution in [3.8, 4) is 17.1 Å². The van der Waals surface area contributed by atoms with E-state index in [1.807, 2.05) is 61.7 Å². The third-order valence-electron chi connectivity index (χ3n) is 5.60. The number of nitrogens with one attached hydrogen (secondary N) is 1. The van der Waals surface area contributed by atoms with Crippen LogP contribution < -0.4 is 0 Å². The number of rotatable bonds is 7. The highest BCUT2D eigenvalue weighted by Gasteiger charge is 2.27. The summed E-state index contributed by atoms with van der Waals surface area (Å²) in [6.07, 6.45) is 3.46. The van der Waals surface area contributed by atoms with Crippen LogP contribution in [-0.4, -0.2) is 41.5 Å². The minimum atomic E-state index is -0.449. The van der Waals surface area contributed by atoms with Gasteiger partial charge >= 0.3 is 0 Å². The Hall–Kier alpha value is -3.52. The Morgan fingerprint density at radius 1 is 1.06 bits per heavy atom. The van der Waals surface area contributed by atoms with Crippen LogP contribution in [0.15, 0.2) is 53.9 Å². The normalized spacial score (nSPS) is 12.0. The first-order valence-corrected chi connectivity index (χ1v) is 11.5. The van der Waals surface area contributed by atoms with E-state index >= 15 is 0 Å². The molecule has 3 aromatic heterocycles. The highest BCUT2D eigenvalue weighted by atomic mass is 32.2. The summed E-state index contributed by atoms with van der Waals surface area (Å²) < 4.78 is 1.97. The van der Waals surface area contributed by atoms with E-state index in [0.29, 0.717) is 33.5 Å². The molecule has 0 aliphatic carbocycles. The van der Waals surface area contributed by atoms with E-state index in [4.69, 9.17) is 0 Å². The summed E-state index contributed by atoms with van der Waals surface area (Å²) in [6.45, 7) is 9.01. The zero-order chi connectivity index (χ0) is 23.7. The van der Waals surface area contributed by atoms with E-state index in [-0.39, 0.29) is 11.6 Å². The molecular weight excluding hydrogens is 434 g/mol. The molecule has 0 saturated heterocycles. The van der Waals surface area contributed by atoms with E-state index in [0.717, 1.165) is 16.8 Å². The summed E-state index contributed by atoms with van der Waals surface area (Å²) in [5, 5.41) is 9.03. The molecule has 33 heavy (non-hydrogen) atoms. The maximum atomic E-state index is 13.3. The maximum Gasteiger partial charge on any atom is 0.196 e. The van der Waals surface area contributed by atoms with E-state index in [1.54, 1.807) is 19.3 Å². The van der Waals surface area contributed by atoms with Crippen molar-refractivity contribution < 1.29 is 9.59 Å². The molecule has 7 nitrogen and oxygen atoms in total. The van der Waals surface area contributed by atoms with Crippen LogP contribution in [0, 0.1) is 20.8 Å². The van der Waals surface area contributed by atoms with Gasteiger partial charge in [0.15, 0.2) is 22.5 Å². The second-order valence-electron chi connectivity index (χ2n) is 7.98. The quantitative estimate of drug-likeness (QED) is 0.303. The van der Waals surface area contributed by atoms with Crippen molar-refractivity contribution in [3.05, 3.63) is 76.9 Å². The standard InChI is InChI=1S/C25H25N5O2S/c1-14-9-6-7-11-20(14)30-24(19-10-8-12-26-13-19)28-29-25(30)33-18(5)23(32)22-15(2)21(17(4)31)16(3)27-22/h6-13,18,27H,1-5H3. The molecule has 0 amide bonds. The van der Waals surface area contributed by atoms with Crippen LogP contribution in [-0.2, 0) is 0 Å². The molecule has 0 bridgehead atoms. The molecule has 0 aliphatic rings. The van der Waals surface area contributed by atoms with Gasteiger partial charge in [-0.1, -0.05) is 30.0 Å². The third-order valence-corrected chi connectivity index (χ3v) is 6.64. The van der Waals surface area contributed by atoms with Crippen LogP contribution in [0.4, 0.5) is 0 Å². The zero-order valence-corrected chi connectivity index (χ0v) is 20.0. The van der Waals surface area contributed by atoms with Crippen molar-refractivity contribution in [1.82, 2.24) is 24.7 Å². The van der Waals surface area contributed by atoms with Gasteiger partial charge in [0, 0.05) is 29.2 Å². The van der Waals surface area contributed by atoms with Crippen molar-refractivity contribution >= 4 is 23.3 Å². The number of H-pyrrole nitrogens is 1. The van der Waals surface area contributed by atoms with Crippen molar-refractivity contribution in [3.63, 3.8) is 0 Å². The molecular formula is C25H25N5O2S. The average Bonchev–Trinajstić information content (AvgIpc) is 3.34. The number of hydrogen-bond acceptors (Lipinski definition) is 6. The van der Waals surface area contributed by atoms with Gasteiger partial charge in [0.25, 0.3) is 0 Å². The molecule has 1 N–H and O–H groups in total. The summed E-state index contributed by atoms with van der Waals surface area (Å²) in [4.78, 5) is 32.6. The molecule has 1 aromatic carbocycles. The molecule has 4 rings (SSSR count). The van der Waals surface area contributed by atoms with Gasteiger partial charge in [-0.25, -0.2) is 0 Å². The van der Waals surface area contributed by atoms with Crippen molar-refractivity contribution in [1.29, 1.82) is 0 Å². The Bertz CT molecular complexity index is 1340. The number of carbonyl (C=O) groups excluding carboxylic acids is 2. The Balaban J connectivity index is 1.74. The molecule has 0 radical (unpaired) electrons. The first kappa shape index (κ1) is 22.7. The Morgan fingerprint density at radius 2 is 1.82 bits per heavy atom. The number of nitrogens with zero attached hydrogens (tertiary/aromatic N) is 4. The van der Waals surface area contributed by atoms with Gasteiger partial charge in [-0.15, -0.1) is 10.2 Å². The number of ketones is 2. The van der Waals surface area contributed by atoms with Crippen LogP contribution in [0.25, 0.3) is 17.1 Å². The number of aromatic amines is 1. The number of para-hydroxylation sites is 1. The molecule has 0 saturated carbocycles. The number of carbonyl (C=O) groups is 2. The van der Waals surface area contributed by atoms with Crippen molar-refractivity contribution in [2.24, 2.45) is 0 Å². The van der Waals surface area contributed by atoms with E-state index in [1.165, 1.54) is 18.7 Å². The minimum Gasteiger partial charge on any atom is -0.355 e. The first-order valence-electron chi connectivity index (χ1n) is 10.6. The van der Waals surface area contributed by atoms with Crippen LogP contribution in [0.1, 0.15) is 51.5 Å². The zero-order valence-electron chi connectivity index (χ0n) is 19.2. The van der Waals surface area contributed by atoms with Crippen LogP contribution in [0.5, 0.6) is 0 Å². The predicted octanol–water partition coefficient (Wildman–Crippen LogP) is 5.15. The smallest absolute Gasteiger partial charge is 0.196 e. The van der Waals surface area contributed by atoms with Crippen molar-refractivity contribution in [2.75, 3.05) is 0 Å². The monoisotopic (exact) mass is 459 g/mol. The highest BCUT2D eigenvalue weighted by Crippen LogP contribution is 2.32. The lowest BCUT2D eigenvalue weighted by atomic mass is 10.0. The number of benzene rings is 1. The summed E-state index contributed by atoms with van der Waals surface area (Å²) in [6, 6.07) is 11.8. The van der Waals surface area contributed by atoms with E-state index in [9.17, 15) is 9.59 Å². The van der Waals surface area contributed by atoms with Gasteiger partial charge < -0.3 is 4.98 Å². The van der Waals surface area contributed by atoms with Gasteiger partial charge in [0.2, 0.25) is 0 Å². The fourth-order valence-corrected chi connectivity index (χ4v) is 4.92. The summed E-state index contributed by atoms with van der Waals surface area (Å²) in [5.74, 6) is 0.515.